The molecule has 8 heteroatoms. The second-order valence-electron chi connectivity index (χ2n) is 6.77. The Bertz CT molecular complexity index is 1010. The summed E-state index contributed by atoms with van der Waals surface area (Å²) >= 11 is 0. The van der Waals surface area contributed by atoms with Crippen molar-refractivity contribution in [1.82, 2.24) is 5.32 Å². The number of rotatable bonds is 12. The molecule has 0 atom stereocenters. The lowest BCUT2D eigenvalue weighted by atomic mass is 10.1. The largest absolute Gasteiger partial charge is 0.490 e. The van der Waals surface area contributed by atoms with E-state index in [1.165, 1.54) is 6.20 Å². The highest BCUT2D eigenvalue weighted by atomic mass is 16.5. The number of nitriles is 1. The number of amides is 1. The summed E-state index contributed by atoms with van der Waals surface area (Å²) in [4.78, 5) is 24.1. The Morgan fingerprint density at radius 2 is 1.67 bits per heavy atom. The van der Waals surface area contributed by atoms with Crippen LogP contribution in [0.15, 0.2) is 54.2 Å². The van der Waals surface area contributed by atoms with Crippen molar-refractivity contribution in [2.75, 3.05) is 31.7 Å². The summed E-state index contributed by atoms with van der Waals surface area (Å²) in [6, 6.07) is 13.9. The number of benzene rings is 2. The summed E-state index contributed by atoms with van der Waals surface area (Å²) < 4.78 is 16.1. The van der Waals surface area contributed by atoms with Crippen LogP contribution in [0.1, 0.15) is 36.7 Å². The molecule has 0 saturated carbocycles. The van der Waals surface area contributed by atoms with Crippen molar-refractivity contribution in [2.24, 2.45) is 0 Å². The van der Waals surface area contributed by atoms with Crippen LogP contribution in [0, 0.1) is 11.3 Å². The number of nitrogens with one attached hydrogen (secondary N) is 2. The van der Waals surface area contributed by atoms with Gasteiger partial charge in [0.1, 0.15) is 11.6 Å². The Morgan fingerprint density at radius 3 is 2.30 bits per heavy atom. The molecule has 0 heterocycles. The maximum absolute atomic E-state index is 12.4. The number of nitrogens with zero attached hydrogens (tertiary/aromatic N) is 1. The highest BCUT2D eigenvalue weighted by Crippen LogP contribution is 2.28. The number of hydrogen-bond acceptors (Lipinski definition) is 7. The predicted octanol–water partition coefficient (Wildman–Crippen LogP) is 3.84. The fraction of sp³-hybridized carbons (Fsp3) is 0.320. The molecule has 8 nitrogen and oxygen atoms in total. The SMILES string of the molecule is CCOC(=O)c1ccc(NC(=O)/C(C#N)=C\NCCc2ccc(OCC)c(OCC)c2)cc1. The molecule has 0 bridgehead atoms. The van der Waals surface area contributed by atoms with Gasteiger partial charge in [-0.15, -0.1) is 0 Å². The van der Waals surface area contributed by atoms with Crippen LogP contribution < -0.4 is 20.1 Å². The standard InChI is InChI=1S/C25H29N3O5/c1-4-31-22-12-7-18(15-23(22)32-5-2)13-14-27-17-20(16-26)24(29)28-21-10-8-19(9-11-21)25(30)33-6-3/h7-12,15,17,27H,4-6,13-14H2,1-3H3,(H,28,29)/b20-17-. The van der Waals surface area contributed by atoms with Crippen LogP contribution in [0.25, 0.3) is 0 Å². The fourth-order valence-electron chi connectivity index (χ4n) is 2.89. The Hall–Kier alpha value is -3.99. The molecule has 33 heavy (non-hydrogen) atoms. The first kappa shape index (κ1) is 25.3. The maximum Gasteiger partial charge on any atom is 0.338 e. The van der Waals surface area contributed by atoms with E-state index in [-0.39, 0.29) is 12.2 Å². The smallest absolute Gasteiger partial charge is 0.338 e. The predicted molar refractivity (Wildman–Crippen MR) is 125 cm³/mol. The Morgan fingerprint density at radius 1 is 0.970 bits per heavy atom. The van der Waals surface area contributed by atoms with Gasteiger partial charge in [-0.25, -0.2) is 4.79 Å². The van der Waals surface area contributed by atoms with Crippen LogP contribution in [0.4, 0.5) is 5.69 Å². The molecule has 174 valence electrons. The minimum atomic E-state index is -0.548. The summed E-state index contributed by atoms with van der Waals surface area (Å²) in [7, 11) is 0. The van der Waals surface area contributed by atoms with E-state index in [1.54, 1.807) is 31.2 Å². The van der Waals surface area contributed by atoms with Crippen molar-refractivity contribution in [3.05, 3.63) is 65.4 Å². The number of anilines is 1. The van der Waals surface area contributed by atoms with Crippen molar-refractivity contribution in [1.29, 1.82) is 5.26 Å². The second kappa shape index (κ2) is 13.4. The molecule has 1 amide bonds. The summed E-state index contributed by atoms with van der Waals surface area (Å²) in [6.07, 6.45) is 2.05. The van der Waals surface area contributed by atoms with Gasteiger partial charge in [0.15, 0.2) is 11.5 Å². The van der Waals surface area contributed by atoms with Crippen LogP contribution in [-0.2, 0) is 16.0 Å². The molecule has 0 aromatic heterocycles. The van der Waals surface area contributed by atoms with Gasteiger partial charge < -0.3 is 24.8 Å². The third-order valence-electron chi connectivity index (χ3n) is 4.43. The highest BCUT2D eigenvalue weighted by Gasteiger charge is 2.11. The average Bonchev–Trinajstić information content (AvgIpc) is 2.81. The monoisotopic (exact) mass is 451 g/mol. The Labute approximate surface area is 194 Å². The van der Waals surface area contributed by atoms with Gasteiger partial charge in [-0.2, -0.15) is 5.26 Å². The van der Waals surface area contributed by atoms with Gasteiger partial charge in [-0.05, 0) is 69.2 Å². The van der Waals surface area contributed by atoms with E-state index in [9.17, 15) is 14.9 Å². The summed E-state index contributed by atoms with van der Waals surface area (Å²) in [5.74, 6) is 0.416. The zero-order chi connectivity index (χ0) is 24.1. The van der Waals surface area contributed by atoms with Crippen molar-refractivity contribution in [3.8, 4) is 17.6 Å². The van der Waals surface area contributed by atoms with Crippen molar-refractivity contribution in [2.45, 2.75) is 27.2 Å². The van der Waals surface area contributed by atoms with Gasteiger partial charge in [0, 0.05) is 18.4 Å². The molecule has 0 aliphatic rings. The fourth-order valence-corrected chi connectivity index (χ4v) is 2.89. The molecule has 0 saturated heterocycles. The number of ether oxygens (including phenoxy) is 3. The molecular weight excluding hydrogens is 422 g/mol. The van der Waals surface area contributed by atoms with Crippen molar-refractivity contribution < 1.29 is 23.8 Å². The van der Waals surface area contributed by atoms with Crippen molar-refractivity contribution >= 4 is 17.6 Å². The average molecular weight is 452 g/mol. The Balaban J connectivity index is 1.91. The van der Waals surface area contributed by atoms with E-state index in [4.69, 9.17) is 14.2 Å². The first-order valence-corrected chi connectivity index (χ1v) is 10.8. The molecule has 0 radical (unpaired) electrons. The summed E-state index contributed by atoms with van der Waals surface area (Å²) in [5.41, 5.74) is 1.82. The summed E-state index contributed by atoms with van der Waals surface area (Å²) in [6.45, 7) is 7.46. The topological polar surface area (TPSA) is 110 Å². The molecule has 0 fully saturated rings. The Kier molecular flexibility index (Phi) is 10.3. The summed E-state index contributed by atoms with van der Waals surface area (Å²) in [5, 5.41) is 15.0. The van der Waals surface area contributed by atoms with Gasteiger partial charge in [0.05, 0.1) is 25.4 Å². The lowest BCUT2D eigenvalue weighted by molar-refractivity contribution is -0.112. The molecule has 0 unspecified atom stereocenters. The van der Waals surface area contributed by atoms with Gasteiger partial charge in [0.2, 0.25) is 0 Å². The second-order valence-corrected chi connectivity index (χ2v) is 6.77. The van der Waals surface area contributed by atoms with Crippen LogP contribution in [0.3, 0.4) is 0 Å². The number of hydrogen-bond donors (Lipinski definition) is 2. The third kappa shape index (κ3) is 7.89. The van der Waals surface area contributed by atoms with E-state index in [1.807, 2.05) is 38.1 Å². The molecular formula is C25H29N3O5. The van der Waals surface area contributed by atoms with Gasteiger partial charge >= 0.3 is 5.97 Å². The zero-order valence-corrected chi connectivity index (χ0v) is 19.1. The normalized spacial score (nSPS) is 10.7. The molecule has 0 aliphatic carbocycles. The lowest BCUT2D eigenvalue weighted by Gasteiger charge is -2.12. The third-order valence-corrected chi connectivity index (χ3v) is 4.43. The van der Waals surface area contributed by atoms with Gasteiger partial charge in [-0.1, -0.05) is 6.07 Å². The molecule has 0 spiro atoms. The first-order valence-electron chi connectivity index (χ1n) is 10.8. The van der Waals surface area contributed by atoms with E-state index < -0.39 is 11.9 Å². The van der Waals surface area contributed by atoms with Crippen LogP contribution >= 0.6 is 0 Å². The molecule has 2 aromatic rings. The zero-order valence-electron chi connectivity index (χ0n) is 19.1. The van der Waals surface area contributed by atoms with Gasteiger partial charge in [0.25, 0.3) is 5.91 Å². The van der Waals surface area contributed by atoms with Gasteiger partial charge in [-0.3, -0.25) is 4.79 Å². The number of esters is 1. The molecule has 0 aliphatic heterocycles. The minimum absolute atomic E-state index is 0.0637. The van der Waals surface area contributed by atoms with Crippen LogP contribution in [0.2, 0.25) is 0 Å². The highest BCUT2D eigenvalue weighted by molar-refractivity contribution is 6.06. The van der Waals surface area contributed by atoms with E-state index in [2.05, 4.69) is 10.6 Å². The lowest BCUT2D eigenvalue weighted by Crippen LogP contribution is -2.18. The minimum Gasteiger partial charge on any atom is -0.490 e. The number of carbonyl (C=O) groups is 2. The molecule has 2 N–H and O–H groups in total. The van der Waals surface area contributed by atoms with E-state index >= 15 is 0 Å². The van der Waals surface area contributed by atoms with Crippen LogP contribution in [0.5, 0.6) is 11.5 Å². The van der Waals surface area contributed by atoms with E-state index in [0.29, 0.717) is 48.9 Å². The van der Waals surface area contributed by atoms with Crippen molar-refractivity contribution in [3.63, 3.8) is 0 Å². The maximum atomic E-state index is 12.4. The molecule has 2 aromatic carbocycles. The van der Waals surface area contributed by atoms with E-state index in [0.717, 1.165) is 5.56 Å². The molecule has 2 rings (SSSR count). The van der Waals surface area contributed by atoms with Crippen LogP contribution in [-0.4, -0.2) is 38.2 Å². The first-order chi connectivity index (χ1) is 16.0. The number of carbonyl (C=O) groups excluding carboxylic acids is 2. The quantitative estimate of drug-likeness (QED) is 0.218.